The summed E-state index contributed by atoms with van der Waals surface area (Å²) >= 11 is 0. The highest BCUT2D eigenvalue weighted by Crippen LogP contribution is 2.37. The Kier molecular flexibility index (Phi) is 5.45. The fraction of sp³-hybridized carbons (Fsp3) is 0.174. The molecule has 160 valence electrons. The minimum Gasteiger partial charge on any atom is -0.257 e. The molecule has 0 N–H and O–H groups in total. The van der Waals surface area contributed by atoms with E-state index in [1.807, 2.05) is 47.5 Å². The molecular formula is C23H22N2O4S2. The topological polar surface area (TPSA) is 83.9 Å². The molecule has 1 aliphatic heterocycles. The summed E-state index contributed by atoms with van der Waals surface area (Å²) < 4.78 is 47.1. The summed E-state index contributed by atoms with van der Waals surface area (Å²) in [5, 5.41) is 6.76. The molecule has 1 atom stereocenters. The highest BCUT2D eigenvalue weighted by molar-refractivity contribution is 7.91. The summed E-state index contributed by atoms with van der Waals surface area (Å²) in [6, 6.07) is 23.2. The number of sulfone groups is 2. The summed E-state index contributed by atoms with van der Waals surface area (Å²) in [6.45, 7) is 0. The average Bonchev–Trinajstić information content (AvgIpc) is 3.19. The van der Waals surface area contributed by atoms with E-state index in [0.717, 1.165) is 22.5 Å². The molecule has 0 spiro atoms. The molecule has 0 aromatic heterocycles. The second kappa shape index (κ2) is 7.94. The van der Waals surface area contributed by atoms with Crippen LogP contribution >= 0.6 is 0 Å². The van der Waals surface area contributed by atoms with E-state index in [1.165, 1.54) is 12.5 Å². The Morgan fingerprint density at radius 2 is 1.26 bits per heavy atom. The number of para-hydroxylation sites is 1. The van der Waals surface area contributed by atoms with E-state index in [2.05, 4.69) is 0 Å². The van der Waals surface area contributed by atoms with Crippen LogP contribution in [0.15, 0.2) is 93.8 Å². The first-order valence-electron chi connectivity index (χ1n) is 9.65. The average molecular weight is 455 g/mol. The maximum atomic E-state index is 11.8. The third-order valence-electron chi connectivity index (χ3n) is 5.24. The molecule has 31 heavy (non-hydrogen) atoms. The van der Waals surface area contributed by atoms with Crippen LogP contribution in [-0.2, 0) is 19.7 Å². The van der Waals surface area contributed by atoms with Gasteiger partial charge < -0.3 is 0 Å². The van der Waals surface area contributed by atoms with Crippen LogP contribution < -0.4 is 5.01 Å². The predicted octanol–water partition coefficient (Wildman–Crippen LogP) is 3.85. The Hall–Kier alpha value is -2.97. The van der Waals surface area contributed by atoms with Crippen LogP contribution in [0, 0.1) is 0 Å². The quantitative estimate of drug-likeness (QED) is 0.585. The molecule has 0 amide bonds. The zero-order valence-electron chi connectivity index (χ0n) is 17.1. The van der Waals surface area contributed by atoms with Crippen molar-refractivity contribution in [2.45, 2.75) is 22.3 Å². The maximum absolute atomic E-state index is 11.8. The van der Waals surface area contributed by atoms with Crippen molar-refractivity contribution in [2.75, 3.05) is 17.5 Å². The van der Waals surface area contributed by atoms with Gasteiger partial charge in [0.15, 0.2) is 19.7 Å². The van der Waals surface area contributed by atoms with Gasteiger partial charge in [-0.1, -0.05) is 42.5 Å². The molecule has 0 bridgehead atoms. The lowest BCUT2D eigenvalue weighted by molar-refractivity contribution is 0.600. The molecule has 0 saturated carbocycles. The zero-order chi connectivity index (χ0) is 22.2. The van der Waals surface area contributed by atoms with Crippen molar-refractivity contribution in [1.29, 1.82) is 0 Å². The van der Waals surface area contributed by atoms with Crippen LogP contribution in [0.25, 0.3) is 0 Å². The molecule has 3 aromatic rings. The van der Waals surface area contributed by atoms with Crippen LogP contribution in [-0.4, -0.2) is 35.1 Å². The fourth-order valence-electron chi connectivity index (χ4n) is 3.59. The van der Waals surface area contributed by atoms with E-state index in [-0.39, 0.29) is 15.8 Å². The fourth-order valence-corrected chi connectivity index (χ4v) is 4.86. The number of hydrazone groups is 1. The lowest BCUT2D eigenvalue weighted by Gasteiger charge is -2.24. The van der Waals surface area contributed by atoms with Gasteiger partial charge in [-0.25, -0.2) is 16.8 Å². The van der Waals surface area contributed by atoms with Gasteiger partial charge in [0.2, 0.25) is 0 Å². The van der Waals surface area contributed by atoms with Crippen molar-refractivity contribution in [2.24, 2.45) is 5.10 Å². The molecule has 1 heterocycles. The van der Waals surface area contributed by atoms with E-state index in [1.54, 1.807) is 36.4 Å². The van der Waals surface area contributed by atoms with Crippen molar-refractivity contribution in [3.05, 3.63) is 90.0 Å². The molecule has 8 heteroatoms. The number of nitrogens with zero attached hydrogens (tertiary/aromatic N) is 2. The third-order valence-corrected chi connectivity index (χ3v) is 7.50. The van der Waals surface area contributed by atoms with Crippen LogP contribution in [0.4, 0.5) is 5.69 Å². The van der Waals surface area contributed by atoms with Crippen LogP contribution in [0.5, 0.6) is 0 Å². The molecular weight excluding hydrogens is 432 g/mol. The van der Waals surface area contributed by atoms with Crippen molar-refractivity contribution in [3.63, 3.8) is 0 Å². The Balaban J connectivity index is 1.71. The Labute approximate surface area is 182 Å². The monoisotopic (exact) mass is 454 g/mol. The lowest BCUT2D eigenvalue weighted by atomic mass is 9.98. The minimum atomic E-state index is -3.27. The standard InChI is InChI=1S/C23H22N2O4S2/c1-30(26,27)20-12-8-17(9-13-20)22-16-23(25(24-22)19-6-4-3-5-7-19)18-10-14-21(15-11-18)31(2,28)29/h3-15,23H,16H2,1-2H3. The SMILES string of the molecule is CS(=O)(=O)c1ccc(C2=NN(c3ccccc3)C(c3ccc(S(C)(=O)=O)cc3)C2)cc1. The third kappa shape index (κ3) is 4.55. The van der Waals surface area contributed by atoms with Gasteiger partial charge in [0, 0.05) is 18.9 Å². The second-order valence-electron chi connectivity index (χ2n) is 7.58. The molecule has 6 nitrogen and oxygen atoms in total. The predicted molar refractivity (Wildman–Crippen MR) is 122 cm³/mol. The maximum Gasteiger partial charge on any atom is 0.175 e. The van der Waals surface area contributed by atoms with E-state index in [4.69, 9.17) is 5.10 Å². The van der Waals surface area contributed by atoms with Crippen molar-refractivity contribution < 1.29 is 16.8 Å². The smallest absolute Gasteiger partial charge is 0.175 e. The van der Waals surface area contributed by atoms with Crippen molar-refractivity contribution in [3.8, 4) is 0 Å². The van der Waals surface area contributed by atoms with Gasteiger partial charge in [-0.15, -0.1) is 0 Å². The van der Waals surface area contributed by atoms with Crippen LogP contribution in [0.1, 0.15) is 23.6 Å². The Bertz CT molecular complexity index is 1330. The van der Waals surface area contributed by atoms with E-state index < -0.39 is 19.7 Å². The Morgan fingerprint density at radius 1 is 0.742 bits per heavy atom. The van der Waals surface area contributed by atoms with Gasteiger partial charge in [-0.3, -0.25) is 5.01 Å². The summed E-state index contributed by atoms with van der Waals surface area (Å²) in [4.78, 5) is 0.542. The van der Waals surface area contributed by atoms with Gasteiger partial charge in [0.25, 0.3) is 0 Å². The van der Waals surface area contributed by atoms with Gasteiger partial charge >= 0.3 is 0 Å². The first-order chi connectivity index (χ1) is 14.6. The summed E-state index contributed by atoms with van der Waals surface area (Å²) in [6.07, 6.45) is 2.98. The van der Waals surface area contributed by atoms with E-state index >= 15 is 0 Å². The number of rotatable bonds is 5. The van der Waals surface area contributed by atoms with Gasteiger partial charge in [-0.2, -0.15) is 5.10 Å². The first kappa shape index (κ1) is 21.3. The van der Waals surface area contributed by atoms with Crippen LogP contribution in [0.2, 0.25) is 0 Å². The number of anilines is 1. The molecule has 3 aromatic carbocycles. The summed E-state index contributed by atoms with van der Waals surface area (Å²) in [5.41, 5.74) is 3.55. The van der Waals surface area contributed by atoms with Crippen molar-refractivity contribution >= 4 is 31.1 Å². The number of hydrogen-bond acceptors (Lipinski definition) is 6. The molecule has 0 aliphatic carbocycles. The Morgan fingerprint density at radius 3 is 1.77 bits per heavy atom. The van der Waals surface area contributed by atoms with Crippen LogP contribution in [0.3, 0.4) is 0 Å². The zero-order valence-corrected chi connectivity index (χ0v) is 18.8. The summed E-state index contributed by atoms with van der Waals surface area (Å²) in [7, 11) is -6.54. The molecule has 1 aliphatic rings. The molecule has 0 saturated heterocycles. The molecule has 0 fully saturated rings. The first-order valence-corrected chi connectivity index (χ1v) is 13.4. The largest absolute Gasteiger partial charge is 0.257 e. The molecule has 4 rings (SSSR count). The van der Waals surface area contributed by atoms with Crippen molar-refractivity contribution in [1.82, 2.24) is 0 Å². The number of benzene rings is 3. The minimum absolute atomic E-state index is 0.111. The highest BCUT2D eigenvalue weighted by Gasteiger charge is 2.30. The highest BCUT2D eigenvalue weighted by atomic mass is 32.2. The van der Waals surface area contributed by atoms with Gasteiger partial charge in [0.05, 0.1) is 27.2 Å². The van der Waals surface area contributed by atoms with E-state index in [9.17, 15) is 16.8 Å². The lowest BCUT2D eigenvalue weighted by Crippen LogP contribution is -2.18. The van der Waals surface area contributed by atoms with E-state index in [0.29, 0.717) is 6.42 Å². The second-order valence-corrected chi connectivity index (χ2v) is 11.6. The van der Waals surface area contributed by atoms with Gasteiger partial charge in [0.1, 0.15) is 0 Å². The summed E-state index contributed by atoms with van der Waals surface area (Å²) in [5.74, 6) is 0. The van der Waals surface area contributed by atoms with Gasteiger partial charge in [-0.05, 0) is 47.5 Å². The normalized spacial score (nSPS) is 16.9. The molecule has 1 unspecified atom stereocenters. The molecule has 0 radical (unpaired) electrons. The number of hydrogen-bond donors (Lipinski definition) is 0.